The second-order valence-corrected chi connectivity index (χ2v) is 7.38. The van der Waals surface area contributed by atoms with Crippen LogP contribution >= 0.6 is 15.9 Å². The number of alkyl halides is 3. The number of nitrogens with zero attached hydrogens (tertiary/aromatic N) is 4. The Labute approximate surface area is 163 Å². The van der Waals surface area contributed by atoms with Gasteiger partial charge in [-0.05, 0) is 48.5 Å². The third-order valence-corrected chi connectivity index (χ3v) is 5.38. The summed E-state index contributed by atoms with van der Waals surface area (Å²) in [5.74, 6) is -0.381. The van der Waals surface area contributed by atoms with Crippen LogP contribution in [0.5, 0.6) is 0 Å². The van der Waals surface area contributed by atoms with Crippen molar-refractivity contribution in [1.29, 1.82) is 0 Å². The third-order valence-electron chi connectivity index (χ3n) is 4.72. The van der Waals surface area contributed by atoms with Crippen LogP contribution in [0.25, 0.3) is 0 Å². The first kappa shape index (κ1) is 19.9. The molecule has 6 nitrogen and oxygen atoms in total. The predicted molar refractivity (Wildman–Crippen MR) is 95.9 cm³/mol. The molecule has 1 aliphatic carbocycles. The summed E-state index contributed by atoms with van der Waals surface area (Å²) in [4.78, 5) is 12.4. The van der Waals surface area contributed by atoms with Gasteiger partial charge < -0.3 is 5.32 Å². The number of carbonyl (C=O) groups is 1. The number of fused-ring (bicyclic) bond motifs is 1. The van der Waals surface area contributed by atoms with Gasteiger partial charge in [-0.15, -0.1) is 0 Å². The van der Waals surface area contributed by atoms with Crippen LogP contribution in [0.4, 0.5) is 13.2 Å². The monoisotopic (exact) mass is 447 g/mol. The summed E-state index contributed by atoms with van der Waals surface area (Å²) in [6.45, 7) is 2.60. The fourth-order valence-electron chi connectivity index (χ4n) is 3.42. The molecule has 0 fully saturated rings. The van der Waals surface area contributed by atoms with Gasteiger partial charge in [0.15, 0.2) is 5.69 Å². The average Bonchev–Trinajstić information content (AvgIpc) is 3.03. The molecule has 3 rings (SSSR count). The fourth-order valence-corrected chi connectivity index (χ4v) is 3.85. The molecule has 0 unspecified atom stereocenters. The van der Waals surface area contributed by atoms with E-state index in [-0.39, 0.29) is 24.6 Å². The van der Waals surface area contributed by atoms with Crippen molar-refractivity contribution in [2.45, 2.75) is 64.8 Å². The van der Waals surface area contributed by atoms with Crippen molar-refractivity contribution in [3.05, 3.63) is 33.3 Å². The normalized spacial score (nSPS) is 14.7. The Kier molecular flexibility index (Phi) is 5.92. The van der Waals surface area contributed by atoms with Crippen molar-refractivity contribution in [3.8, 4) is 0 Å². The van der Waals surface area contributed by atoms with Crippen molar-refractivity contribution in [1.82, 2.24) is 24.9 Å². The molecule has 2 aromatic rings. The van der Waals surface area contributed by atoms with Crippen LogP contribution in [-0.4, -0.2) is 25.5 Å². The van der Waals surface area contributed by atoms with Gasteiger partial charge >= 0.3 is 6.18 Å². The first-order valence-corrected chi connectivity index (χ1v) is 9.73. The molecule has 1 amide bonds. The minimum atomic E-state index is -4.51. The molecule has 0 atom stereocenters. The molecule has 1 aliphatic rings. The van der Waals surface area contributed by atoms with Crippen LogP contribution < -0.4 is 5.32 Å². The van der Waals surface area contributed by atoms with E-state index >= 15 is 0 Å². The summed E-state index contributed by atoms with van der Waals surface area (Å²) >= 11 is 3.38. The van der Waals surface area contributed by atoms with Crippen LogP contribution in [0.1, 0.15) is 48.8 Å². The largest absolute Gasteiger partial charge is 0.435 e. The third kappa shape index (κ3) is 4.36. The van der Waals surface area contributed by atoms with E-state index in [0.717, 1.165) is 23.0 Å². The molecule has 0 aromatic carbocycles. The molecule has 0 saturated carbocycles. The topological polar surface area (TPSA) is 64.7 Å². The molecule has 0 saturated heterocycles. The molecule has 0 bridgehead atoms. The summed E-state index contributed by atoms with van der Waals surface area (Å²) in [5, 5.41) is 10.7. The molecule has 2 heterocycles. The maximum atomic E-state index is 13.3. The minimum Gasteiger partial charge on any atom is -0.349 e. The van der Waals surface area contributed by atoms with Crippen molar-refractivity contribution in [3.63, 3.8) is 0 Å². The standard InChI is InChI=1S/C17H21BrF3N5O/c1-2-25-14(12(18)8-23-25)9-22-15(27)10-26-13-7-5-3-4-6-11(13)16(24-26)17(19,20)21/h8H,2-7,9-10H2,1H3,(H,22,27). The Balaban J connectivity index is 1.76. The average molecular weight is 448 g/mol. The molecular formula is C17H21BrF3N5O. The number of hydrogen-bond donors (Lipinski definition) is 1. The highest BCUT2D eigenvalue weighted by molar-refractivity contribution is 9.10. The lowest BCUT2D eigenvalue weighted by Crippen LogP contribution is -2.29. The van der Waals surface area contributed by atoms with E-state index in [1.165, 1.54) is 4.68 Å². The van der Waals surface area contributed by atoms with Crippen molar-refractivity contribution in [2.24, 2.45) is 0 Å². The number of carbonyl (C=O) groups excluding carboxylic acids is 1. The van der Waals surface area contributed by atoms with Gasteiger partial charge in [-0.25, -0.2) is 0 Å². The minimum absolute atomic E-state index is 0.226. The number of rotatable bonds is 5. The van der Waals surface area contributed by atoms with Crippen molar-refractivity contribution in [2.75, 3.05) is 0 Å². The summed E-state index contributed by atoms with van der Waals surface area (Å²) in [5.41, 5.74) is 0.745. The van der Waals surface area contributed by atoms with Crippen LogP contribution in [-0.2, 0) is 43.4 Å². The van der Waals surface area contributed by atoms with Gasteiger partial charge in [-0.2, -0.15) is 23.4 Å². The van der Waals surface area contributed by atoms with E-state index < -0.39 is 11.9 Å². The van der Waals surface area contributed by atoms with Crippen LogP contribution in [0.15, 0.2) is 10.7 Å². The molecule has 0 radical (unpaired) electrons. The lowest BCUT2D eigenvalue weighted by atomic mass is 10.1. The van der Waals surface area contributed by atoms with Crippen molar-refractivity contribution < 1.29 is 18.0 Å². The number of halogens is 4. The van der Waals surface area contributed by atoms with E-state index in [2.05, 4.69) is 31.4 Å². The second kappa shape index (κ2) is 8.04. The van der Waals surface area contributed by atoms with Gasteiger partial charge in [0.1, 0.15) is 6.54 Å². The van der Waals surface area contributed by atoms with Gasteiger partial charge in [-0.1, -0.05) is 6.42 Å². The highest BCUT2D eigenvalue weighted by Gasteiger charge is 2.39. The molecule has 0 spiro atoms. The zero-order chi connectivity index (χ0) is 19.6. The highest BCUT2D eigenvalue weighted by Crippen LogP contribution is 2.35. The Morgan fingerprint density at radius 3 is 2.70 bits per heavy atom. The second-order valence-electron chi connectivity index (χ2n) is 6.52. The summed E-state index contributed by atoms with van der Waals surface area (Å²) < 4.78 is 43.7. The van der Waals surface area contributed by atoms with E-state index in [1.807, 2.05) is 6.92 Å². The Hall–Kier alpha value is -1.84. The molecule has 1 N–H and O–H groups in total. The van der Waals surface area contributed by atoms with E-state index in [1.54, 1.807) is 10.9 Å². The quantitative estimate of drug-likeness (QED) is 0.713. The SMILES string of the molecule is CCn1ncc(Br)c1CNC(=O)Cn1nc(C(F)(F)F)c2c1CCCCC2. The number of hydrogen-bond acceptors (Lipinski definition) is 3. The van der Waals surface area contributed by atoms with Gasteiger partial charge in [0.2, 0.25) is 5.91 Å². The van der Waals surface area contributed by atoms with Crippen LogP contribution in [0.3, 0.4) is 0 Å². The highest BCUT2D eigenvalue weighted by atomic mass is 79.9. The number of aromatic nitrogens is 4. The molecule has 10 heteroatoms. The number of nitrogens with one attached hydrogen (secondary N) is 1. The first-order chi connectivity index (χ1) is 12.8. The lowest BCUT2D eigenvalue weighted by Gasteiger charge is -2.10. The summed E-state index contributed by atoms with van der Waals surface area (Å²) in [7, 11) is 0. The van der Waals surface area contributed by atoms with Crippen LogP contribution in [0.2, 0.25) is 0 Å². The Morgan fingerprint density at radius 2 is 2.00 bits per heavy atom. The zero-order valence-corrected chi connectivity index (χ0v) is 16.5. The van der Waals surface area contributed by atoms with Gasteiger partial charge in [0.05, 0.1) is 22.9 Å². The Morgan fingerprint density at radius 1 is 1.26 bits per heavy atom. The molecular weight excluding hydrogens is 427 g/mol. The fraction of sp³-hybridized carbons (Fsp3) is 0.588. The maximum Gasteiger partial charge on any atom is 0.435 e. The smallest absolute Gasteiger partial charge is 0.349 e. The number of amides is 1. The predicted octanol–water partition coefficient (Wildman–Crippen LogP) is 3.47. The van der Waals surface area contributed by atoms with Gasteiger partial charge in [0, 0.05) is 17.8 Å². The zero-order valence-electron chi connectivity index (χ0n) is 14.9. The lowest BCUT2D eigenvalue weighted by molar-refractivity contribution is -0.142. The van der Waals surface area contributed by atoms with E-state index in [9.17, 15) is 18.0 Å². The molecule has 2 aromatic heterocycles. The maximum absolute atomic E-state index is 13.3. The van der Waals surface area contributed by atoms with Crippen molar-refractivity contribution >= 4 is 21.8 Å². The van der Waals surface area contributed by atoms with Gasteiger partial charge in [0.25, 0.3) is 0 Å². The summed E-state index contributed by atoms with van der Waals surface area (Å²) in [6, 6.07) is 0. The molecule has 148 valence electrons. The van der Waals surface area contributed by atoms with E-state index in [4.69, 9.17) is 0 Å². The Bertz CT molecular complexity index is 827. The van der Waals surface area contributed by atoms with Gasteiger partial charge in [-0.3, -0.25) is 14.2 Å². The van der Waals surface area contributed by atoms with Crippen LogP contribution in [0, 0.1) is 0 Å². The summed E-state index contributed by atoms with van der Waals surface area (Å²) in [6.07, 6.45) is 0.410. The molecule has 0 aliphatic heterocycles. The first-order valence-electron chi connectivity index (χ1n) is 8.94. The number of aryl methyl sites for hydroxylation is 1. The molecule has 27 heavy (non-hydrogen) atoms. The van der Waals surface area contributed by atoms with E-state index in [0.29, 0.717) is 31.5 Å².